The Kier molecular flexibility index (Phi) is 3.09. The number of nitrogens with zero attached hydrogens (tertiary/aromatic N) is 2. The van der Waals surface area contributed by atoms with Crippen LogP contribution in [0.5, 0.6) is 0 Å². The van der Waals surface area contributed by atoms with Gasteiger partial charge in [-0.25, -0.2) is 4.98 Å². The number of fused-ring (bicyclic) bond motifs is 1. The van der Waals surface area contributed by atoms with Crippen LogP contribution in [-0.4, -0.2) is 21.1 Å². The lowest BCUT2D eigenvalue weighted by Gasteiger charge is -2.00. The van der Waals surface area contributed by atoms with E-state index in [1.165, 1.54) is 0 Å². The Morgan fingerprint density at radius 3 is 2.95 bits per heavy atom. The number of aromatic amines is 1. The van der Waals surface area contributed by atoms with E-state index in [4.69, 9.17) is 10.2 Å². The molecule has 7 heteroatoms. The maximum Gasteiger partial charge on any atom is 0.272 e. The highest BCUT2D eigenvalue weighted by atomic mass is 16.4. The molecule has 1 aromatic carbocycles. The molecule has 2 heterocycles. The average molecular weight is 285 g/mol. The van der Waals surface area contributed by atoms with E-state index < -0.39 is 0 Å². The predicted octanol–water partition coefficient (Wildman–Crippen LogP) is 1.68. The number of rotatable bonds is 3. The molecule has 0 spiro atoms. The number of nitrogens with two attached hydrogens (primary N) is 1. The first-order valence-electron chi connectivity index (χ1n) is 6.49. The van der Waals surface area contributed by atoms with Gasteiger partial charge in [-0.15, -0.1) is 0 Å². The zero-order valence-corrected chi connectivity index (χ0v) is 11.7. The van der Waals surface area contributed by atoms with Gasteiger partial charge in [0.1, 0.15) is 5.76 Å². The summed E-state index contributed by atoms with van der Waals surface area (Å²) in [5.41, 5.74) is 8.20. The first kappa shape index (κ1) is 13.2. The fraction of sp³-hybridized carbons (Fsp3) is 0.214. The minimum Gasteiger partial charge on any atom is -0.444 e. The zero-order chi connectivity index (χ0) is 15.0. The lowest BCUT2D eigenvalue weighted by atomic mass is 10.2. The minimum absolute atomic E-state index is 0.212. The Morgan fingerprint density at radius 2 is 2.24 bits per heavy atom. The molecule has 0 radical (unpaired) electrons. The molecule has 21 heavy (non-hydrogen) atoms. The lowest BCUT2D eigenvalue weighted by Crippen LogP contribution is -2.23. The number of carbonyl (C=O) groups is 1. The van der Waals surface area contributed by atoms with Crippen molar-refractivity contribution in [2.45, 2.75) is 20.4 Å². The van der Waals surface area contributed by atoms with Crippen LogP contribution in [0.2, 0.25) is 0 Å². The van der Waals surface area contributed by atoms with Crippen molar-refractivity contribution in [1.29, 1.82) is 0 Å². The highest BCUT2D eigenvalue weighted by molar-refractivity contribution is 6.05. The number of nitrogen functional groups attached to an aromatic ring is 1. The second-order valence-electron chi connectivity index (χ2n) is 4.81. The maximum atomic E-state index is 12.2. The van der Waals surface area contributed by atoms with E-state index >= 15 is 0 Å². The zero-order valence-electron chi connectivity index (χ0n) is 11.7. The molecule has 0 atom stereocenters. The number of hydrogen-bond acceptors (Lipinski definition) is 5. The number of benzene rings is 1. The van der Waals surface area contributed by atoms with Gasteiger partial charge in [-0.3, -0.25) is 9.89 Å². The van der Waals surface area contributed by atoms with E-state index in [-0.39, 0.29) is 12.5 Å². The third-order valence-electron chi connectivity index (χ3n) is 3.27. The van der Waals surface area contributed by atoms with Crippen molar-refractivity contribution in [3.8, 4) is 0 Å². The number of nitrogens with one attached hydrogen (secondary N) is 2. The van der Waals surface area contributed by atoms with Crippen LogP contribution in [0.25, 0.3) is 10.9 Å². The fourth-order valence-electron chi connectivity index (χ4n) is 2.06. The summed E-state index contributed by atoms with van der Waals surface area (Å²) < 4.78 is 5.41. The Bertz CT molecular complexity index is 798. The molecule has 2 aromatic heterocycles. The first-order valence-corrected chi connectivity index (χ1v) is 6.49. The number of carbonyl (C=O) groups excluding carboxylic acids is 1. The molecule has 4 N–H and O–H groups in total. The molecular weight excluding hydrogens is 270 g/mol. The molecule has 0 aliphatic carbocycles. The second-order valence-corrected chi connectivity index (χ2v) is 4.81. The fourth-order valence-corrected chi connectivity index (χ4v) is 2.06. The normalized spacial score (nSPS) is 11.0. The lowest BCUT2D eigenvalue weighted by molar-refractivity contribution is 0.0943. The molecule has 0 aliphatic heterocycles. The van der Waals surface area contributed by atoms with Gasteiger partial charge in [-0.1, -0.05) is 0 Å². The van der Waals surface area contributed by atoms with Crippen LogP contribution in [0, 0.1) is 13.8 Å². The predicted molar refractivity (Wildman–Crippen MR) is 77.7 cm³/mol. The summed E-state index contributed by atoms with van der Waals surface area (Å²) in [7, 11) is 0. The van der Waals surface area contributed by atoms with Crippen molar-refractivity contribution in [1.82, 2.24) is 20.5 Å². The number of amides is 1. The van der Waals surface area contributed by atoms with Crippen LogP contribution in [-0.2, 0) is 6.54 Å². The number of anilines is 1. The number of hydrogen-bond donors (Lipinski definition) is 3. The van der Waals surface area contributed by atoms with E-state index in [0.29, 0.717) is 22.7 Å². The van der Waals surface area contributed by atoms with Crippen LogP contribution in [0.1, 0.15) is 27.8 Å². The topological polar surface area (TPSA) is 110 Å². The van der Waals surface area contributed by atoms with Gasteiger partial charge >= 0.3 is 0 Å². The molecule has 0 bridgehead atoms. The van der Waals surface area contributed by atoms with Crippen molar-refractivity contribution < 1.29 is 9.21 Å². The standard InChI is InChI=1S/C14H15N5O2/c1-7-8(2)21-12(17-7)6-16-14(20)13-10-5-9(15)3-4-11(10)18-19-13/h3-5H,6,15H2,1-2H3,(H,16,20)(H,18,19). The molecule has 3 rings (SSSR count). The van der Waals surface area contributed by atoms with Gasteiger partial charge in [-0.2, -0.15) is 5.10 Å². The molecule has 0 unspecified atom stereocenters. The van der Waals surface area contributed by atoms with E-state index in [9.17, 15) is 4.79 Å². The van der Waals surface area contributed by atoms with Gasteiger partial charge in [0.25, 0.3) is 5.91 Å². The monoisotopic (exact) mass is 285 g/mol. The molecule has 7 nitrogen and oxygen atoms in total. The first-order chi connectivity index (χ1) is 10.0. The highest BCUT2D eigenvalue weighted by Gasteiger charge is 2.15. The quantitative estimate of drug-likeness (QED) is 0.634. The Balaban J connectivity index is 1.79. The molecular formula is C14H15N5O2. The van der Waals surface area contributed by atoms with E-state index in [1.807, 2.05) is 13.8 Å². The summed E-state index contributed by atoms with van der Waals surface area (Å²) in [6.07, 6.45) is 0. The summed E-state index contributed by atoms with van der Waals surface area (Å²) in [6, 6.07) is 5.25. The van der Waals surface area contributed by atoms with Gasteiger partial charge in [0.05, 0.1) is 17.8 Å². The summed E-state index contributed by atoms with van der Waals surface area (Å²) in [5, 5.41) is 10.3. The third-order valence-corrected chi connectivity index (χ3v) is 3.27. The van der Waals surface area contributed by atoms with Crippen molar-refractivity contribution >= 4 is 22.5 Å². The third kappa shape index (κ3) is 2.45. The van der Waals surface area contributed by atoms with E-state index in [2.05, 4.69) is 20.5 Å². The van der Waals surface area contributed by atoms with Gasteiger partial charge < -0.3 is 15.5 Å². The van der Waals surface area contributed by atoms with Crippen molar-refractivity contribution in [2.75, 3.05) is 5.73 Å². The Morgan fingerprint density at radius 1 is 1.43 bits per heavy atom. The largest absolute Gasteiger partial charge is 0.444 e. The van der Waals surface area contributed by atoms with Gasteiger partial charge in [0.15, 0.2) is 5.69 Å². The molecule has 0 aliphatic rings. The van der Waals surface area contributed by atoms with Crippen LogP contribution < -0.4 is 11.1 Å². The van der Waals surface area contributed by atoms with Crippen LogP contribution in [0.4, 0.5) is 5.69 Å². The minimum atomic E-state index is -0.305. The highest BCUT2D eigenvalue weighted by Crippen LogP contribution is 2.19. The van der Waals surface area contributed by atoms with Crippen molar-refractivity contribution in [2.24, 2.45) is 0 Å². The summed E-state index contributed by atoms with van der Waals surface area (Å²) in [5.74, 6) is 0.912. The molecule has 108 valence electrons. The summed E-state index contributed by atoms with van der Waals surface area (Å²) in [6.45, 7) is 3.90. The summed E-state index contributed by atoms with van der Waals surface area (Å²) in [4.78, 5) is 16.4. The van der Waals surface area contributed by atoms with Crippen LogP contribution in [0.3, 0.4) is 0 Å². The Labute approximate surface area is 120 Å². The Hall–Kier alpha value is -2.83. The SMILES string of the molecule is Cc1nc(CNC(=O)c2n[nH]c3ccc(N)cc23)oc1C. The number of aryl methyl sites for hydroxylation is 2. The van der Waals surface area contributed by atoms with Crippen LogP contribution >= 0.6 is 0 Å². The van der Waals surface area contributed by atoms with E-state index in [0.717, 1.165) is 17.0 Å². The van der Waals surface area contributed by atoms with Gasteiger partial charge in [0, 0.05) is 11.1 Å². The smallest absolute Gasteiger partial charge is 0.272 e. The molecule has 0 saturated carbocycles. The number of oxazole rings is 1. The molecule has 0 fully saturated rings. The summed E-state index contributed by atoms with van der Waals surface area (Å²) >= 11 is 0. The van der Waals surface area contributed by atoms with E-state index in [1.54, 1.807) is 18.2 Å². The van der Waals surface area contributed by atoms with Crippen molar-refractivity contribution in [3.05, 3.63) is 41.2 Å². The second kappa shape index (κ2) is 4.93. The molecule has 0 saturated heterocycles. The molecule has 1 amide bonds. The van der Waals surface area contributed by atoms with Gasteiger partial charge in [-0.05, 0) is 32.0 Å². The average Bonchev–Trinajstić information content (AvgIpc) is 3.00. The van der Waals surface area contributed by atoms with Crippen molar-refractivity contribution in [3.63, 3.8) is 0 Å². The van der Waals surface area contributed by atoms with Crippen LogP contribution in [0.15, 0.2) is 22.6 Å². The number of H-pyrrole nitrogens is 1. The maximum absolute atomic E-state index is 12.2. The number of aromatic nitrogens is 3. The molecule has 3 aromatic rings. The van der Waals surface area contributed by atoms with Gasteiger partial charge in [0.2, 0.25) is 5.89 Å².